The molecule has 0 bridgehead atoms. The quantitative estimate of drug-likeness (QED) is 0.447. The molecule has 3 aromatic rings. The van der Waals surface area contributed by atoms with Crippen LogP contribution in [0.2, 0.25) is 5.02 Å². The lowest BCUT2D eigenvalue weighted by atomic mass is 10.2. The van der Waals surface area contributed by atoms with Crippen molar-refractivity contribution in [2.75, 3.05) is 24.3 Å². The van der Waals surface area contributed by atoms with Gasteiger partial charge in [-0.2, -0.15) is 0 Å². The van der Waals surface area contributed by atoms with Crippen LogP contribution in [0, 0.1) is 0 Å². The predicted molar refractivity (Wildman–Crippen MR) is 117 cm³/mol. The Morgan fingerprint density at radius 1 is 1.00 bits per heavy atom. The van der Waals surface area contributed by atoms with E-state index in [0.29, 0.717) is 28.7 Å². The number of methoxy groups -OCH3 is 1. The average molecular weight is 442 g/mol. The highest BCUT2D eigenvalue weighted by molar-refractivity contribution is 6.34. The van der Waals surface area contributed by atoms with E-state index in [-0.39, 0.29) is 17.0 Å². The molecule has 0 saturated carbocycles. The second-order valence-corrected chi connectivity index (χ2v) is 6.72. The molecular formula is C21H20ClN5O4. The minimum absolute atomic E-state index is 0.0124. The van der Waals surface area contributed by atoms with Crippen molar-refractivity contribution in [3.05, 3.63) is 70.8 Å². The largest absolute Gasteiger partial charge is 0.497 e. The molecule has 0 saturated heterocycles. The molecule has 10 heteroatoms. The number of hydrogen-bond donors (Lipinski definition) is 4. The third-order valence-corrected chi connectivity index (χ3v) is 4.57. The summed E-state index contributed by atoms with van der Waals surface area (Å²) in [7, 11) is 1.50. The molecule has 0 aliphatic rings. The van der Waals surface area contributed by atoms with Crippen molar-refractivity contribution in [1.29, 1.82) is 0 Å². The van der Waals surface area contributed by atoms with Gasteiger partial charge < -0.3 is 25.7 Å². The van der Waals surface area contributed by atoms with Gasteiger partial charge in [-0.1, -0.05) is 11.6 Å². The topological polar surface area (TPSA) is 125 Å². The summed E-state index contributed by atoms with van der Waals surface area (Å²) in [5.74, 6) is -0.843. The molecule has 1 aromatic heterocycles. The Morgan fingerprint density at radius 2 is 1.65 bits per heavy atom. The maximum Gasteiger partial charge on any atom is 0.274 e. The Kier molecular flexibility index (Phi) is 6.88. The second-order valence-electron chi connectivity index (χ2n) is 6.32. The number of benzene rings is 2. The van der Waals surface area contributed by atoms with E-state index >= 15 is 0 Å². The number of aromatic nitrogens is 2. The van der Waals surface area contributed by atoms with Gasteiger partial charge in [0.2, 0.25) is 0 Å². The van der Waals surface area contributed by atoms with Gasteiger partial charge >= 0.3 is 0 Å². The Labute approximate surface area is 183 Å². The monoisotopic (exact) mass is 441 g/mol. The first-order chi connectivity index (χ1) is 14.9. The lowest BCUT2D eigenvalue weighted by Crippen LogP contribution is -2.26. The van der Waals surface area contributed by atoms with Crippen LogP contribution < -0.4 is 20.7 Å². The fourth-order valence-electron chi connectivity index (χ4n) is 2.72. The fraction of sp³-hybridized carbons (Fsp3) is 0.143. The molecule has 3 rings (SSSR count). The molecule has 0 aliphatic carbocycles. The number of carbonyl (C=O) groups excluding carboxylic acids is 3. The number of carbonyl (C=O) groups is 3. The normalized spacial score (nSPS) is 10.3. The third kappa shape index (κ3) is 5.20. The molecule has 0 atom stereocenters. The number of aromatic amines is 1. The number of H-pyrrole nitrogens is 1. The van der Waals surface area contributed by atoms with Crippen molar-refractivity contribution >= 4 is 40.7 Å². The first kappa shape index (κ1) is 21.8. The van der Waals surface area contributed by atoms with Crippen molar-refractivity contribution < 1.29 is 19.1 Å². The summed E-state index contributed by atoms with van der Waals surface area (Å²) < 4.78 is 5.12. The van der Waals surface area contributed by atoms with Gasteiger partial charge in [0.1, 0.15) is 11.4 Å². The number of nitrogens with zero attached hydrogens (tertiary/aromatic N) is 1. The van der Waals surface area contributed by atoms with E-state index in [1.807, 2.05) is 0 Å². The second kappa shape index (κ2) is 9.77. The first-order valence-corrected chi connectivity index (χ1v) is 9.68. The summed E-state index contributed by atoms with van der Waals surface area (Å²) in [5, 5.41) is 8.31. The molecule has 9 nitrogen and oxygen atoms in total. The Balaban J connectivity index is 1.67. The lowest BCUT2D eigenvalue weighted by Gasteiger charge is -2.10. The van der Waals surface area contributed by atoms with Gasteiger partial charge in [-0.25, -0.2) is 4.98 Å². The van der Waals surface area contributed by atoms with Crippen LogP contribution in [-0.4, -0.2) is 41.3 Å². The van der Waals surface area contributed by atoms with Crippen LogP contribution in [0.1, 0.15) is 38.3 Å². The van der Waals surface area contributed by atoms with Crippen molar-refractivity contribution in [3.63, 3.8) is 0 Å². The zero-order valence-electron chi connectivity index (χ0n) is 16.8. The number of imidazole rings is 1. The lowest BCUT2D eigenvalue weighted by molar-refractivity contribution is 0.0937. The Hall–Kier alpha value is -3.85. The number of rotatable bonds is 7. The summed E-state index contributed by atoms with van der Waals surface area (Å²) in [4.78, 5) is 43.5. The zero-order valence-corrected chi connectivity index (χ0v) is 17.5. The molecule has 2 aromatic carbocycles. The molecule has 0 radical (unpaired) electrons. The van der Waals surface area contributed by atoms with Gasteiger partial charge in [-0.05, 0) is 49.4 Å². The summed E-state index contributed by atoms with van der Waals surface area (Å²) >= 11 is 6.10. The van der Waals surface area contributed by atoms with Gasteiger partial charge in [0.25, 0.3) is 17.7 Å². The zero-order chi connectivity index (χ0) is 22.4. The van der Waals surface area contributed by atoms with E-state index in [1.165, 1.54) is 13.4 Å². The number of nitrogens with one attached hydrogen (secondary N) is 4. The Bertz CT molecular complexity index is 1110. The molecule has 0 fully saturated rings. The molecule has 160 valence electrons. The number of hydrogen-bond acceptors (Lipinski definition) is 5. The van der Waals surface area contributed by atoms with Gasteiger partial charge in [0.15, 0.2) is 5.69 Å². The highest BCUT2D eigenvalue weighted by atomic mass is 35.5. The molecular weight excluding hydrogens is 422 g/mol. The fourth-order valence-corrected chi connectivity index (χ4v) is 2.92. The smallest absolute Gasteiger partial charge is 0.274 e. The molecule has 0 unspecified atom stereocenters. The van der Waals surface area contributed by atoms with E-state index in [1.54, 1.807) is 49.4 Å². The molecule has 1 heterocycles. The molecule has 4 N–H and O–H groups in total. The van der Waals surface area contributed by atoms with E-state index in [0.717, 1.165) is 0 Å². The minimum Gasteiger partial charge on any atom is -0.497 e. The number of halogens is 1. The number of amides is 3. The SMILES string of the molecule is CCNC(=O)c1nc[nH]c1C(=O)Nc1ccc(NC(=O)c2cc(OC)ccc2Cl)cc1. The minimum atomic E-state index is -0.515. The van der Waals surface area contributed by atoms with Crippen molar-refractivity contribution in [2.24, 2.45) is 0 Å². The molecule has 0 aliphatic heterocycles. The summed E-state index contributed by atoms with van der Waals surface area (Å²) in [6.45, 7) is 2.19. The molecule has 0 spiro atoms. The highest BCUT2D eigenvalue weighted by Gasteiger charge is 2.20. The van der Waals surface area contributed by atoms with E-state index in [4.69, 9.17) is 16.3 Å². The summed E-state index contributed by atoms with van der Waals surface area (Å²) in [6, 6.07) is 11.3. The van der Waals surface area contributed by atoms with Crippen molar-refractivity contribution in [2.45, 2.75) is 6.92 Å². The highest BCUT2D eigenvalue weighted by Crippen LogP contribution is 2.23. The predicted octanol–water partition coefficient (Wildman–Crippen LogP) is 3.33. The van der Waals surface area contributed by atoms with Gasteiger partial charge in [-0.3, -0.25) is 14.4 Å². The van der Waals surface area contributed by atoms with Crippen LogP contribution in [0.15, 0.2) is 48.8 Å². The van der Waals surface area contributed by atoms with Gasteiger partial charge in [-0.15, -0.1) is 0 Å². The number of anilines is 2. The van der Waals surface area contributed by atoms with Crippen LogP contribution in [-0.2, 0) is 0 Å². The van der Waals surface area contributed by atoms with Gasteiger partial charge in [0.05, 0.1) is 24.0 Å². The van der Waals surface area contributed by atoms with Crippen LogP contribution >= 0.6 is 11.6 Å². The Morgan fingerprint density at radius 3 is 2.26 bits per heavy atom. The standard InChI is InChI=1S/C21H20ClN5O4/c1-3-23-20(29)17-18(25-11-24-17)21(30)27-13-6-4-12(5-7-13)26-19(28)15-10-14(31-2)8-9-16(15)22/h4-11H,3H2,1-2H3,(H,23,29)(H,24,25)(H,26,28)(H,27,30). The van der Waals surface area contributed by atoms with Crippen LogP contribution in [0.4, 0.5) is 11.4 Å². The number of ether oxygens (including phenoxy) is 1. The van der Waals surface area contributed by atoms with Crippen LogP contribution in [0.3, 0.4) is 0 Å². The van der Waals surface area contributed by atoms with E-state index in [2.05, 4.69) is 25.9 Å². The van der Waals surface area contributed by atoms with Crippen molar-refractivity contribution in [1.82, 2.24) is 15.3 Å². The van der Waals surface area contributed by atoms with Crippen LogP contribution in [0.25, 0.3) is 0 Å². The maximum atomic E-state index is 12.5. The summed E-state index contributed by atoms with van der Waals surface area (Å²) in [5.41, 5.74) is 1.32. The maximum absolute atomic E-state index is 12.5. The first-order valence-electron chi connectivity index (χ1n) is 9.30. The third-order valence-electron chi connectivity index (χ3n) is 4.24. The van der Waals surface area contributed by atoms with Crippen molar-refractivity contribution in [3.8, 4) is 5.75 Å². The van der Waals surface area contributed by atoms with Crippen LogP contribution in [0.5, 0.6) is 5.75 Å². The molecule has 3 amide bonds. The van der Waals surface area contributed by atoms with E-state index < -0.39 is 17.7 Å². The van der Waals surface area contributed by atoms with E-state index in [9.17, 15) is 14.4 Å². The summed E-state index contributed by atoms with van der Waals surface area (Å²) in [6.07, 6.45) is 1.28. The average Bonchev–Trinajstić information content (AvgIpc) is 3.26. The molecule has 31 heavy (non-hydrogen) atoms. The van der Waals surface area contributed by atoms with Gasteiger partial charge in [0, 0.05) is 17.9 Å².